The minimum atomic E-state index is -0.726. The Balaban J connectivity index is 1.64. The highest BCUT2D eigenvalue weighted by molar-refractivity contribution is 5.94. The van der Waals surface area contributed by atoms with E-state index in [0.29, 0.717) is 17.0 Å². The number of amides is 2. The summed E-state index contributed by atoms with van der Waals surface area (Å²) in [5.41, 5.74) is 1.86. The Hall–Kier alpha value is -3.48. The molecule has 29 heavy (non-hydrogen) atoms. The molecule has 0 saturated carbocycles. The van der Waals surface area contributed by atoms with Gasteiger partial charge in [0.1, 0.15) is 17.7 Å². The van der Waals surface area contributed by atoms with Crippen molar-refractivity contribution in [3.05, 3.63) is 89.3 Å². The van der Waals surface area contributed by atoms with Crippen LogP contribution >= 0.6 is 0 Å². The van der Waals surface area contributed by atoms with E-state index >= 15 is 0 Å². The molecule has 3 rings (SSSR count). The summed E-state index contributed by atoms with van der Waals surface area (Å²) in [6.07, 6.45) is 3.39. The highest BCUT2D eigenvalue weighted by atomic mass is 19.1. The van der Waals surface area contributed by atoms with E-state index in [0.717, 1.165) is 5.56 Å². The summed E-state index contributed by atoms with van der Waals surface area (Å²) in [5, 5.41) is 5.56. The average Bonchev–Trinajstić information content (AvgIpc) is 3.12. The first-order chi connectivity index (χ1) is 14.0. The van der Waals surface area contributed by atoms with Crippen LogP contribution in [0.1, 0.15) is 39.8 Å². The average molecular weight is 394 g/mol. The Morgan fingerprint density at radius 3 is 2.66 bits per heavy atom. The molecule has 0 spiro atoms. The number of aromatic nitrogens is 2. The smallest absolute Gasteiger partial charge is 0.251 e. The van der Waals surface area contributed by atoms with Crippen LogP contribution < -0.4 is 10.6 Å². The van der Waals surface area contributed by atoms with Crippen LogP contribution in [0.2, 0.25) is 0 Å². The lowest BCUT2D eigenvalue weighted by molar-refractivity contribution is -0.121. The summed E-state index contributed by atoms with van der Waals surface area (Å²) < 4.78 is 16.1. The summed E-state index contributed by atoms with van der Waals surface area (Å²) >= 11 is 0. The molecule has 150 valence electrons. The largest absolute Gasteiger partial charge is 0.352 e. The Morgan fingerprint density at radius 2 is 1.97 bits per heavy atom. The topological polar surface area (TPSA) is 76.0 Å². The number of aryl methyl sites for hydroxylation is 2. The van der Waals surface area contributed by atoms with Crippen molar-refractivity contribution in [2.24, 2.45) is 7.05 Å². The molecular weight excluding hydrogens is 371 g/mol. The maximum absolute atomic E-state index is 14.3. The van der Waals surface area contributed by atoms with Gasteiger partial charge >= 0.3 is 0 Å². The van der Waals surface area contributed by atoms with Crippen LogP contribution in [0.4, 0.5) is 4.39 Å². The number of benzene rings is 2. The van der Waals surface area contributed by atoms with E-state index in [4.69, 9.17) is 0 Å². The fraction of sp³-hybridized carbons (Fsp3) is 0.227. The summed E-state index contributed by atoms with van der Waals surface area (Å²) in [4.78, 5) is 28.9. The van der Waals surface area contributed by atoms with Gasteiger partial charge in [-0.1, -0.05) is 35.9 Å². The van der Waals surface area contributed by atoms with E-state index in [2.05, 4.69) is 15.6 Å². The Labute approximate surface area is 168 Å². The summed E-state index contributed by atoms with van der Waals surface area (Å²) in [5.74, 6) is -0.456. The molecule has 0 radical (unpaired) electrons. The standard InChI is InChI=1S/C22H23FN4O2/c1-15-6-5-7-16(14-15)22(29)25-11-10-19(28)26-20(21-24-12-13-27(21)2)17-8-3-4-9-18(17)23/h3-9,12-14,20H,10-11H2,1-2H3,(H,25,29)(H,26,28)/t20-/m1/s1. The van der Waals surface area contributed by atoms with E-state index in [1.165, 1.54) is 6.07 Å². The van der Waals surface area contributed by atoms with Gasteiger partial charge in [0.15, 0.2) is 0 Å². The molecule has 1 heterocycles. The van der Waals surface area contributed by atoms with Crippen LogP contribution in [0.3, 0.4) is 0 Å². The normalized spacial score (nSPS) is 11.7. The Kier molecular flexibility index (Phi) is 6.39. The van der Waals surface area contributed by atoms with Crippen LogP contribution in [0, 0.1) is 12.7 Å². The molecular formula is C22H23FN4O2. The number of carbonyl (C=O) groups is 2. The summed E-state index contributed by atoms with van der Waals surface area (Å²) in [6.45, 7) is 2.08. The molecule has 0 aliphatic rings. The van der Waals surface area contributed by atoms with Gasteiger partial charge in [0.2, 0.25) is 5.91 Å². The molecule has 2 N–H and O–H groups in total. The molecule has 6 nitrogen and oxygen atoms in total. The van der Waals surface area contributed by atoms with Crippen LogP contribution in [-0.4, -0.2) is 27.9 Å². The predicted octanol–water partition coefficient (Wildman–Crippen LogP) is 2.89. The lowest BCUT2D eigenvalue weighted by Crippen LogP contribution is -2.34. The summed E-state index contributed by atoms with van der Waals surface area (Å²) in [6, 6.07) is 12.8. The summed E-state index contributed by atoms with van der Waals surface area (Å²) in [7, 11) is 1.78. The first kappa shape index (κ1) is 20.3. The molecule has 0 aliphatic carbocycles. The zero-order valence-corrected chi connectivity index (χ0v) is 16.4. The van der Waals surface area contributed by atoms with E-state index in [9.17, 15) is 14.0 Å². The number of halogens is 1. The van der Waals surface area contributed by atoms with Crippen molar-refractivity contribution in [2.75, 3.05) is 6.54 Å². The molecule has 2 amide bonds. The first-order valence-corrected chi connectivity index (χ1v) is 9.31. The molecule has 3 aromatic rings. The maximum Gasteiger partial charge on any atom is 0.251 e. The van der Waals surface area contributed by atoms with E-state index < -0.39 is 11.9 Å². The van der Waals surface area contributed by atoms with Crippen molar-refractivity contribution in [3.63, 3.8) is 0 Å². The zero-order chi connectivity index (χ0) is 20.8. The minimum absolute atomic E-state index is 0.0624. The minimum Gasteiger partial charge on any atom is -0.352 e. The number of nitrogens with one attached hydrogen (secondary N) is 2. The van der Waals surface area contributed by atoms with Gasteiger partial charge in [-0.2, -0.15) is 0 Å². The van der Waals surface area contributed by atoms with Gasteiger partial charge < -0.3 is 15.2 Å². The third-order valence-electron chi connectivity index (χ3n) is 4.56. The number of hydrogen-bond donors (Lipinski definition) is 2. The highest BCUT2D eigenvalue weighted by Crippen LogP contribution is 2.23. The highest BCUT2D eigenvalue weighted by Gasteiger charge is 2.23. The molecule has 7 heteroatoms. The van der Waals surface area contributed by atoms with Crippen LogP contribution in [0.25, 0.3) is 0 Å². The van der Waals surface area contributed by atoms with Crippen molar-refractivity contribution in [1.29, 1.82) is 0 Å². The van der Waals surface area contributed by atoms with E-state index in [-0.39, 0.29) is 24.8 Å². The van der Waals surface area contributed by atoms with Crippen LogP contribution in [-0.2, 0) is 11.8 Å². The van der Waals surface area contributed by atoms with Crippen molar-refractivity contribution in [3.8, 4) is 0 Å². The third kappa shape index (κ3) is 5.07. The van der Waals surface area contributed by atoms with Gasteiger partial charge in [-0.3, -0.25) is 9.59 Å². The van der Waals surface area contributed by atoms with Gasteiger partial charge in [0.05, 0.1) is 0 Å². The van der Waals surface area contributed by atoms with Crippen molar-refractivity contribution in [2.45, 2.75) is 19.4 Å². The molecule has 0 fully saturated rings. The Morgan fingerprint density at radius 1 is 1.17 bits per heavy atom. The van der Waals surface area contributed by atoms with Crippen LogP contribution in [0.5, 0.6) is 0 Å². The van der Waals surface area contributed by atoms with Gasteiger partial charge in [-0.25, -0.2) is 9.37 Å². The molecule has 0 saturated heterocycles. The number of imidazole rings is 1. The lowest BCUT2D eigenvalue weighted by atomic mass is 10.1. The van der Waals surface area contributed by atoms with Crippen molar-refractivity contribution in [1.82, 2.24) is 20.2 Å². The van der Waals surface area contributed by atoms with E-state index in [1.54, 1.807) is 54.3 Å². The second-order valence-electron chi connectivity index (χ2n) is 6.79. The van der Waals surface area contributed by atoms with Gasteiger partial charge in [0, 0.05) is 43.5 Å². The fourth-order valence-electron chi connectivity index (χ4n) is 3.06. The quantitative estimate of drug-likeness (QED) is 0.647. The predicted molar refractivity (Wildman–Crippen MR) is 108 cm³/mol. The monoisotopic (exact) mass is 394 g/mol. The van der Waals surface area contributed by atoms with Gasteiger partial charge in [-0.15, -0.1) is 0 Å². The number of hydrogen-bond acceptors (Lipinski definition) is 3. The zero-order valence-electron chi connectivity index (χ0n) is 16.4. The molecule has 1 aromatic heterocycles. The van der Waals surface area contributed by atoms with Gasteiger partial charge in [0.25, 0.3) is 5.91 Å². The fourth-order valence-corrected chi connectivity index (χ4v) is 3.06. The lowest BCUT2D eigenvalue weighted by Gasteiger charge is -2.20. The van der Waals surface area contributed by atoms with Gasteiger partial charge in [-0.05, 0) is 25.1 Å². The molecule has 0 aliphatic heterocycles. The Bertz CT molecular complexity index is 1020. The van der Waals surface area contributed by atoms with Crippen LogP contribution in [0.15, 0.2) is 60.9 Å². The maximum atomic E-state index is 14.3. The van der Waals surface area contributed by atoms with Crippen molar-refractivity contribution < 1.29 is 14.0 Å². The first-order valence-electron chi connectivity index (χ1n) is 9.31. The second-order valence-corrected chi connectivity index (χ2v) is 6.79. The number of nitrogens with zero attached hydrogens (tertiary/aromatic N) is 2. The second kappa shape index (κ2) is 9.14. The number of rotatable bonds is 7. The molecule has 0 bridgehead atoms. The number of carbonyl (C=O) groups excluding carboxylic acids is 2. The van der Waals surface area contributed by atoms with Crippen molar-refractivity contribution >= 4 is 11.8 Å². The SMILES string of the molecule is Cc1cccc(C(=O)NCCC(=O)N[C@H](c2ccccc2F)c2nccn2C)c1. The molecule has 1 atom stereocenters. The third-order valence-corrected chi connectivity index (χ3v) is 4.56. The molecule has 0 unspecified atom stereocenters. The molecule has 2 aromatic carbocycles. The van der Waals surface area contributed by atoms with E-state index in [1.807, 2.05) is 19.1 Å².